The number of hydrogen-bond acceptors (Lipinski definition) is 2. The fraction of sp³-hybridized carbons (Fsp3) is 0.381. The lowest BCUT2D eigenvalue weighted by Crippen LogP contribution is -2.32. The highest BCUT2D eigenvalue weighted by Gasteiger charge is 2.24. The van der Waals surface area contributed by atoms with Gasteiger partial charge in [-0.2, -0.15) is 0 Å². The Balaban J connectivity index is 1.74. The van der Waals surface area contributed by atoms with E-state index < -0.39 is 0 Å². The molecule has 3 nitrogen and oxygen atoms in total. The summed E-state index contributed by atoms with van der Waals surface area (Å²) in [5.74, 6) is 1.16. The molecule has 0 radical (unpaired) electrons. The smallest absolute Gasteiger partial charge is 0.140 e. The summed E-state index contributed by atoms with van der Waals surface area (Å²) in [5, 5.41) is 0. The Hall–Kier alpha value is -2.13. The van der Waals surface area contributed by atoms with Gasteiger partial charge in [-0.3, -0.25) is 4.90 Å². The van der Waals surface area contributed by atoms with Gasteiger partial charge in [0.2, 0.25) is 0 Å². The molecule has 1 aromatic heterocycles. The van der Waals surface area contributed by atoms with Crippen molar-refractivity contribution in [2.45, 2.75) is 32.7 Å². The van der Waals surface area contributed by atoms with Crippen LogP contribution in [0.1, 0.15) is 36.7 Å². The van der Waals surface area contributed by atoms with E-state index in [1.54, 1.807) is 5.57 Å². The van der Waals surface area contributed by atoms with Crippen molar-refractivity contribution in [1.82, 2.24) is 14.5 Å². The second-order valence-corrected chi connectivity index (χ2v) is 7.06. The van der Waals surface area contributed by atoms with E-state index in [1.807, 2.05) is 6.20 Å². The summed E-state index contributed by atoms with van der Waals surface area (Å²) < 4.78 is 2.32. The van der Waals surface area contributed by atoms with Crippen LogP contribution in [-0.4, -0.2) is 34.1 Å². The van der Waals surface area contributed by atoms with Crippen LogP contribution in [0.25, 0.3) is 5.57 Å². The van der Waals surface area contributed by atoms with E-state index in [-0.39, 0.29) is 0 Å². The molecule has 1 fully saturated rings. The number of likely N-dealkylation sites (tertiary alicyclic amines) is 1. The Morgan fingerprint density at radius 2 is 1.92 bits per heavy atom. The predicted molar refractivity (Wildman–Crippen MR) is 98.9 cm³/mol. The van der Waals surface area contributed by atoms with Gasteiger partial charge in [0.25, 0.3) is 0 Å². The van der Waals surface area contributed by atoms with Crippen molar-refractivity contribution in [3.63, 3.8) is 0 Å². The first-order valence-electron chi connectivity index (χ1n) is 8.91. The van der Waals surface area contributed by atoms with E-state index in [1.165, 1.54) is 22.3 Å². The van der Waals surface area contributed by atoms with E-state index in [0.717, 1.165) is 51.3 Å². The maximum atomic E-state index is 4.72. The molecule has 24 heavy (non-hydrogen) atoms. The summed E-state index contributed by atoms with van der Waals surface area (Å²) in [5.41, 5.74) is 7.06. The molecule has 0 spiro atoms. The quantitative estimate of drug-likeness (QED) is 0.783. The molecule has 2 aliphatic rings. The first-order valence-corrected chi connectivity index (χ1v) is 8.91. The van der Waals surface area contributed by atoms with Gasteiger partial charge in [0.15, 0.2) is 0 Å². The highest BCUT2D eigenvalue weighted by Crippen LogP contribution is 2.35. The average molecular weight is 319 g/mol. The Kier molecular flexibility index (Phi) is 4.11. The largest absolute Gasteiger partial charge is 0.331 e. The fourth-order valence-electron chi connectivity index (χ4n) is 4.02. The third kappa shape index (κ3) is 2.84. The zero-order chi connectivity index (χ0) is 16.5. The van der Waals surface area contributed by atoms with Gasteiger partial charge in [0.05, 0.1) is 0 Å². The van der Waals surface area contributed by atoms with Crippen molar-refractivity contribution in [1.29, 1.82) is 0 Å². The lowest BCUT2D eigenvalue weighted by molar-refractivity contribution is 0.278. The van der Waals surface area contributed by atoms with Crippen LogP contribution in [0.4, 0.5) is 0 Å². The van der Waals surface area contributed by atoms with E-state index >= 15 is 0 Å². The number of aromatic nitrogens is 2. The Bertz CT molecular complexity index is 787. The number of hydrogen-bond donors (Lipinski definition) is 0. The SMILES string of the molecule is C=C(C)CN1CCC(=C2c3ccccc3CCn3ccnc32)CC1. The molecule has 0 atom stereocenters. The first kappa shape index (κ1) is 15.4. The van der Waals surface area contributed by atoms with Gasteiger partial charge < -0.3 is 4.57 Å². The van der Waals surface area contributed by atoms with Gasteiger partial charge in [-0.1, -0.05) is 42.0 Å². The zero-order valence-electron chi connectivity index (χ0n) is 14.5. The molecule has 0 bridgehead atoms. The summed E-state index contributed by atoms with van der Waals surface area (Å²) in [6.07, 6.45) is 7.41. The summed E-state index contributed by atoms with van der Waals surface area (Å²) in [7, 11) is 0. The topological polar surface area (TPSA) is 21.1 Å². The predicted octanol–water partition coefficient (Wildman–Crippen LogP) is 3.91. The highest BCUT2D eigenvalue weighted by molar-refractivity contribution is 5.81. The minimum atomic E-state index is 1.02. The van der Waals surface area contributed by atoms with Gasteiger partial charge in [-0.25, -0.2) is 4.98 Å². The number of rotatable bonds is 2. The van der Waals surface area contributed by atoms with Crippen LogP contribution >= 0.6 is 0 Å². The van der Waals surface area contributed by atoms with Crippen LogP contribution in [0.15, 0.2) is 54.4 Å². The molecule has 0 amide bonds. The van der Waals surface area contributed by atoms with Crippen LogP contribution < -0.4 is 0 Å². The molecule has 1 saturated heterocycles. The third-order valence-electron chi connectivity index (χ3n) is 5.15. The molecule has 4 rings (SSSR count). The second kappa shape index (κ2) is 6.40. The molecule has 0 N–H and O–H groups in total. The maximum absolute atomic E-state index is 4.72. The average Bonchev–Trinajstić information content (AvgIpc) is 2.98. The minimum absolute atomic E-state index is 1.02. The van der Waals surface area contributed by atoms with Crippen molar-refractivity contribution in [3.05, 3.63) is 71.3 Å². The van der Waals surface area contributed by atoms with Crippen LogP contribution in [-0.2, 0) is 13.0 Å². The van der Waals surface area contributed by atoms with Crippen molar-refractivity contribution >= 4 is 5.57 Å². The Morgan fingerprint density at radius 3 is 2.71 bits per heavy atom. The summed E-state index contributed by atoms with van der Waals surface area (Å²) in [6, 6.07) is 8.87. The fourth-order valence-corrected chi connectivity index (χ4v) is 4.02. The second-order valence-electron chi connectivity index (χ2n) is 7.06. The van der Waals surface area contributed by atoms with Gasteiger partial charge in [0.1, 0.15) is 5.82 Å². The van der Waals surface area contributed by atoms with Crippen molar-refractivity contribution < 1.29 is 0 Å². The van der Waals surface area contributed by atoms with Crippen LogP contribution in [0.3, 0.4) is 0 Å². The molecular weight excluding hydrogens is 294 g/mol. The lowest BCUT2D eigenvalue weighted by atomic mass is 9.90. The Labute approximate surface area is 144 Å². The van der Waals surface area contributed by atoms with Crippen LogP contribution in [0.2, 0.25) is 0 Å². The molecule has 0 aliphatic carbocycles. The molecule has 124 valence electrons. The van der Waals surface area contributed by atoms with E-state index in [9.17, 15) is 0 Å². The zero-order valence-corrected chi connectivity index (χ0v) is 14.5. The van der Waals surface area contributed by atoms with Gasteiger partial charge >= 0.3 is 0 Å². The minimum Gasteiger partial charge on any atom is -0.331 e. The molecule has 0 saturated carbocycles. The van der Waals surface area contributed by atoms with E-state index in [4.69, 9.17) is 4.98 Å². The molecule has 1 aromatic carbocycles. The van der Waals surface area contributed by atoms with Gasteiger partial charge in [-0.05, 0) is 37.3 Å². The summed E-state index contributed by atoms with van der Waals surface area (Å²) >= 11 is 0. The van der Waals surface area contributed by atoms with Crippen LogP contribution in [0.5, 0.6) is 0 Å². The van der Waals surface area contributed by atoms with Crippen LogP contribution in [0, 0.1) is 0 Å². The number of fused-ring (bicyclic) bond motifs is 2. The molecule has 2 aliphatic heterocycles. The highest BCUT2D eigenvalue weighted by atomic mass is 15.1. The molecule has 0 unspecified atom stereocenters. The maximum Gasteiger partial charge on any atom is 0.140 e. The number of piperidine rings is 1. The van der Waals surface area contributed by atoms with Crippen molar-refractivity contribution in [2.75, 3.05) is 19.6 Å². The molecule has 3 heteroatoms. The van der Waals surface area contributed by atoms with Gasteiger partial charge in [-0.15, -0.1) is 0 Å². The molecular formula is C21H25N3. The summed E-state index contributed by atoms with van der Waals surface area (Å²) in [6.45, 7) is 10.5. The standard InChI is InChI=1S/C21H25N3/c1-16(2)15-23-11-7-18(8-12-23)20-19-6-4-3-5-17(19)9-13-24-14-10-22-21(20)24/h3-6,10,14H,1,7-9,11-13,15H2,2H3. The number of nitrogens with zero attached hydrogens (tertiary/aromatic N) is 3. The van der Waals surface area contributed by atoms with Gasteiger partial charge in [0, 0.05) is 44.1 Å². The third-order valence-corrected chi connectivity index (χ3v) is 5.15. The van der Waals surface area contributed by atoms with Crippen molar-refractivity contribution in [3.8, 4) is 0 Å². The first-order chi connectivity index (χ1) is 11.7. The van der Waals surface area contributed by atoms with E-state index in [2.05, 4.69) is 53.4 Å². The number of aryl methyl sites for hydroxylation is 2. The number of benzene rings is 1. The van der Waals surface area contributed by atoms with Crippen molar-refractivity contribution in [2.24, 2.45) is 0 Å². The summed E-state index contributed by atoms with van der Waals surface area (Å²) in [4.78, 5) is 7.23. The normalized spacial score (nSPS) is 18.0. The molecule has 3 heterocycles. The Morgan fingerprint density at radius 1 is 1.12 bits per heavy atom. The molecule has 2 aromatic rings. The monoisotopic (exact) mass is 319 g/mol. The van der Waals surface area contributed by atoms with E-state index in [0.29, 0.717) is 0 Å². The lowest BCUT2D eigenvalue weighted by Gasteiger charge is -2.30. The number of imidazole rings is 1.